The van der Waals surface area contributed by atoms with Crippen LogP contribution in [0.4, 0.5) is 0 Å². The van der Waals surface area contributed by atoms with Crippen molar-refractivity contribution in [2.45, 2.75) is 0 Å². The van der Waals surface area contributed by atoms with Gasteiger partial charge in [0.05, 0.1) is 0 Å². The van der Waals surface area contributed by atoms with Crippen LogP contribution < -0.4 is 0 Å². The highest BCUT2D eigenvalue weighted by Gasteiger charge is 2.15. The molecule has 0 fully saturated rings. The second-order valence-corrected chi connectivity index (χ2v) is 15.8. The third-order valence-electron chi connectivity index (χ3n) is 11.4. The fraction of sp³-hybridized carbons (Fsp3) is 0. The Kier molecular flexibility index (Phi) is 7.37. The number of aromatic amines is 1. The standard InChI is InChI=1S/C41H23NO2S.C12H9N/c1-3-10-36-30(6-1)33-19-24(12-15-37(33)43-36)27-18-28(23-42-22-27)25-13-16-38-34(20-25)35-21-26(14-17-39(35)44-38)29-8-5-9-32-31-7-2-4-11-40(31)45-41(29)32;1-3-7-11-9(5-1)10-6-2-4-8-12(10)13-11/h1-23H;1-8,13H. The Morgan fingerprint density at radius 3 is 1.53 bits per heavy atom. The molecule has 8 aromatic carbocycles. The molecule has 1 N–H and O–H groups in total. The Morgan fingerprint density at radius 1 is 0.362 bits per heavy atom. The lowest BCUT2D eigenvalue weighted by molar-refractivity contribution is 0.668. The molecule has 0 aliphatic heterocycles. The van der Waals surface area contributed by atoms with E-state index in [0.29, 0.717) is 0 Å². The molecule has 0 unspecified atom stereocenters. The van der Waals surface area contributed by atoms with Crippen LogP contribution in [0.2, 0.25) is 0 Å². The van der Waals surface area contributed by atoms with Crippen LogP contribution in [0, 0.1) is 0 Å². The van der Waals surface area contributed by atoms with Gasteiger partial charge in [0.25, 0.3) is 0 Å². The molecular formula is C53H32N2O2S. The fourth-order valence-corrected chi connectivity index (χ4v) is 9.80. The summed E-state index contributed by atoms with van der Waals surface area (Å²) in [5.74, 6) is 0. The van der Waals surface area contributed by atoms with Crippen LogP contribution in [0.1, 0.15) is 0 Å². The van der Waals surface area contributed by atoms with Crippen LogP contribution in [0.15, 0.2) is 197 Å². The lowest BCUT2D eigenvalue weighted by Crippen LogP contribution is -1.84. The van der Waals surface area contributed by atoms with Crippen LogP contribution >= 0.6 is 11.3 Å². The van der Waals surface area contributed by atoms with Gasteiger partial charge in [-0.15, -0.1) is 11.3 Å². The molecule has 0 aliphatic carbocycles. The van der Waals surface area contributed by atoms with Crippen LogP contribution in [0.3, 0.4) is 0 Å². The minimum Gasteiger partial charge on any atom is -0.456 e. The highest BCUT2D eigenvalue weighted by Crippen LogP contribution is 2.42. The Bertz CT molecular complexity index is 3660. The van der Waals surface area contributed by atoms with Crippen molar-refractivity contribution >= 4 is 97.2 Å². The molecule has 13 aromatic rings. The molecule has 272 valence electrons. The molecule has 0 aliphatic rings. The number of nitrogens with zero attached hydrogens (tertiary/aromatic N) is 1. The monoisotopic (exact) mass is 760 g/mol. The predicted molar refractivity (Wildman–Crippen MR) is 244 cm³/mol. The van der Waals surface area contributed by atoms with Gasteiger partial charge < -0.3 is 13.8 Å². The van der Waals surface area contributed by atoms with Crippen molar-refractivity contribution in [2.75, 3.05) is 0 Å². The summed E-state index contributed by atoms with van der Waals surface area (Å²) in [7, 11) is 0. The molecule has 0 bridgehead atoms. The molecular weight excluding hydrogens is 729 g/mol. The maximum absolute atomic E-state index is 6.31. The van der Waals surface area contributed by atoms with Crippen molar-refractivity contribution in [1.82, 2.24) is 9.97 Å². The summed E-state index contributed by atoms with van der Waals surface area (Å²) in [4.78, 5) is 8.03. The van der Waals surface area contributed by atoms with E-state index >= 15 is 0 Å². The number of hydrogen-bond donors (Lipinski definition) is 1. The van der Waals surface area contributed by atoms with Crippen molar-refractivity contribution in [3.8, 4) is 33.4 Å². The molecule has 5 heteroatoms. The second kappa shape index (κ2) is 13.1. The summed E-state index contributed by atoms with van der Waals surface area (Å²) >= 11 is 1.86. The van der Waals surface area contributed by atoms with Gasteiger partial charge in [-0.1, -0.05) is 109 Å². The fourth-order valence-electron chi connectivity index (χ4n) is 8.56. The lowest BCUT2D eigenvalue weighted by Gasteiger charge is -2.06. The van der Waals surface area contributed by atoms with Gasteiger partial charge in [-0.2, -0.15) is 0 Å². The first-order valence-corrected chi connectivity index (χ1v) is 20.2. The maximum Gasteiger partial charge on any atom is 0.135 e. The number of nitrogens with one attached hydrogen (secondary N) is 1. The highest BCUT2D eigenvalue weighted by atomic mass is 32.1. The van der Waals surface area contributed by atoms with Gasteiger partial charge in [0.15, 0.2) is 0 Å². The Morgan fingerprint density at radius 2 is 0.862 bits per heavy atom. The molecule has 5 aromatic heterocycles. The third kappa shape index (κ3) is 5.32. The van der Waals surface area contributed by atoms with E-state index in [2.05, 4.69) is 174 Å². The normalized spacial score (nSPS) is 11.8. The first-order valence-electron chi connectivity index (χ1n) is 19.4. The quantitative estimate of drug-likeness (QED) is 0.195. The van der Waals surface area contributed by atoms with Gasteiger partial charge >= 0.3 is 0 Å². The van der Waals surface area contributed by atoms with E-state index in [1.54, 1.807) is 0 Å². The number of para-hydroxylation sites is 3. The average Bonchev–Trinajstić information content (AvgIpc) is 4.06. The largest absolute Gasteiger partial charge is 0.456 e. The number of furan rings is 2. The summed E-state index contributed by atoms with van der Waals surface area (Å²) in [6, 6.07) is 61.8. The van der Waals surface area contributed by atoms with Crippen molar-refractivity contribution < 1.29 is 8.83 Å². The first kappa shape index (κ1) is 32.7. The lowest BCUT2D eigenvalue weighted by atomic mass is 9.98. The molecule has 0 spiro atoms. The minimum absolute atomic E-state index is 0.882. The summed E-state index contributed by atoms with van der Waals surface area (Å²) < 4.78 is 15.0. The Hall–Kier alpha value is -7.47. The van der Waals surface area contributed by atoms with Crippen molar-refractivity contribution in [3.63, 3.8) is 0 Å². The maximum atomic E-state index is 6.31. The van der Waals surface area contributed by atoms with E-state index in [9.17, 15) is 0 Å². The number of aromatic nitrogens is 2. The zero-order valence-electron chi connectivity index (χ0n) is 31.1. The van der Waals surface area contributed by atoms with E-state index in [1.807, 2.05) is 35.9 Å². The topological polar surface area (TPSA) is 55.0 Å². The SMILES string of the molecule is c1ccc2c(c1)[nH]c1ccccc12.c1ccc2c(c1)oc1ccc(-c3cncc(-c4ccc5oc6ccc(-c7cccc8c7sc7ccccc78)cc6c5c4)c3)cc12. The summed E-state index contributed by atoms with van der Waals surface area (Å²) in [6.07, 6.45) is 3.87. The van der Waals surface area contributed by atoms with Crippen LogP contribution in [-0.2, 0) is 0 Å². The van der Waals surface area contributed by atoms with E-state index in [4.69, 9.17) is 8.83 Å². The van der Waals surface area contributed by atoms with Crippen LogP contribution in [-0.4, -0.2) is 9.97 Å². The summed E-state index contributed by atoms with van der Waals surface area (Å²) in [6.45, 7) is 0. The number of pyridine rings is 1. The zero-order chi connectivity index (χ0) is 38.2. The van der Waals surface area contributed by atoms with Crippen LogP contribution in [0.25, 0.3) is 119 Å². The van der Waals surface area contributed by atoms with E-state index in [-0.39, 0.29) is 0 Å². The highest BCUT2D eigenvalue weighted by molar-refractivity contribution is 7.26. The number of fused-ring (bicyclic) bond motifs is 12. The average molecular weight is 761 g/mol. The Balaban J connectivity index is 0.000000238. The number of H-pyrrole nitrogens is 1. The molecule has 0 saturated heterocycles. The van der Waals surface area contributed by atoms with Gasteiger partial charge in [0, 0.05) is 87.0 Å². The van der Waals surface area contributed by atoms with Crippen LogP contribution in [0.5, 0.6) is 0 Å². The van der Waals surface area contributed by atoms with Crippen molar-refractivity contribution in [1.29, 1.82) is 0 Å². The van der Waals surface area contributed by atoms with Gasteiger partial charge in [-0.25, -0.2) is 0 Å². The van der Waals surface area contributed by atoms with Gasteiger partial charge in [-0.05, 0) is 89.0 Å². The molecule has 0 amide bonds. The molecule has 4 nitrogen and oxygen atoms in total. The van der Waals surface area contributed by atoms with E-state index in [0.717, 1.165) is 66.1 Å². The van der Waals surface area contributed by atoms with E-state index < -0.39 is 0 Å². The molecule has 13 rings (SSSR count). The number of thiophene rings is 1. The van der Waals surface area contributed by atoms with Gasteiger partial charge in [0.1, 0.15) is 22.3 Å². The summed E-state index contributed by atoms with van der Waals surface area (Å²) in [5.41, 5.74) is 12.8. The number of rotatable bonds is 3. The number of hydrogen-bond acceptors (Lipinski definition) is 4. The molecule has 0 saturated carbocycles. The second-order valence-electron chi connectivity index (χ2n) is 14.8. The zero-order valence-corrected chi connectivity index (χ0v) is 31.9. The smallest absolute Gasteiger partial charge is 0.135 e. The van der Waals surface area contributed by atoms with Crippen molar-refractivity contribution in [3.05, 3.63) is 188 Å². The third-order valence-corrected chi connectivity index (χ3v) is 12.6. The van der Waals surface area contributed by atoms with Crippen molar-refractivity contribution in [2.24, 2.45) is 0 Å². The Labute approximate surface area is 336 Å². The number of benzene rings is 8. The molecule has 0 radical (unpaired) electrons. The minimum atomic E-state index is 0.882. The molecule has 0 atom stereocenters. The van der Waals surface area contributed by atoms with Gasteiger partial charge in [0.2, 0.25) is 0 Å². The first-order chi connectivity index (χ1) is 28.7. The molecule has 5 heterocycles. The predicted octanol–water partition coefficient (Wildman–Crippen LogP) is 15.6. The summed E-state index contributed by atoms with van der Waals surface area (Å²) in [5, 5.41) is 9.68. The van der Waals surface area contributed by atoms with E-state index in [1.165, 1.54) is 53.1 Å². The van der Waals surface area contributed by atoms with Gasteiger partial charge in [-0.3, -0.25) is 4.98 Å². The molecule has 58 heavy (non-hydrogen) atoms.